The molecule has 4 heteroatoms. The van der Waals surface area contributed by atoms with Gasteiger partial charge in [-0.3, -0.25) is 0 Å². The molecule has 2 aromatic carbocycles. The third-order valence-electron chi connectivity index (χ3n) is 3.51. The van der Waals surface area contributed by atoms with Crippen LogP contribution >= 0.6 is 15.9 Å². The number of aliphatic hydroxyl groups excluding tert-OH is 1. The smallest absolute Gasteiger partial charge is 0.124 e. The van der Waals surface area contributed by atoms with E-state index in [1.54, 1.807) is 6.07 Å². The number of hydrogen-bond donors (Lipinski definition) is 1. The van der Waals surface area contributed by atoms with Crippen LogP contribution in [0.5, 0.6) is 5.75 Å². The quantitative estimate of drug-likeness (QED) is 0.898. The Morgan fingerprint density at radius 2 is 2.05 bits per heavy atom. The minimum absolute atomic E-state index is 0.327. The van der Waals surface area contributed by atoms with Crippen LogP contribution in [-0.4, -0.2) is 11.7 Å². The molecule has 0 saturated carbocycles. The van der Waals surface area contributed by atoms with Crippen LogP contribution in [0.1, 0.15) is 29.2 Å². The molecule has 0 aliphatic carbocycles. The van der Waals surface area contributed by atoms with Crippen molar-refractivity contribution in [2.24, 2.45) is 0 Å². The Bertz CT molecular complexity index is 642. The van der Waals surface area contributed by atoms with Gasteiger partial charge in [0.1, 0.15) is 17.7 Å². The van der Waals surface area contributed by atoms with Gasteiger partial charge in [0.05, 0.1) is 6.61 Å². The zero-order valence-electron chi connectivity index (χ0n) is 10.8. The fourth-order valence-corrected chi connectivity index (χ4v) is 3.02. The highest BCUT2D eigenvalue weighted by Crippen LogP contribution is 2.33. The molecular weight excluding hydrogens is 323 g/mol. The molecule has 2 nitrogen and oxygen atoms in total. The maximum Gasteiger partial charge on any atom is 0.124 e. The molecule has 1 heterocycles. The molecule has 2 aromatic rings. The van der Waals surface area contributed by atoms with Crippen LogP contribution in [0.3, 0.4) is 0 Å². The number of hydrogen-bond acceptors (Lipinski definition) is 2. The highest BCUT2D eigenvalue weighted by atomic mass is 79.9. The van der Waals surface area contributed by atoms with E-state index in [0.29, 0.717) is 10.0 Å². The Morgan fingerprint density at radius 3 is 2.85 bits per heavy atom. The summed E-state index contributed by atoms with van der Waals surface area (Å²) in [6.07, 6.45) is 1.17. The van der Waals surface area contributed by atoms with Crippen molar-refractivity contribution in [1.29, 1.82) is 0 Å². The van der Waals surface area contributed by atoms with E-state index in [-0.39, 0.29) is 5.82 Å². The standard InChI is InChI=1S/C16H14BrFO2/c17-14-9-12(18)4-5-13(14)16(19)11-3-6-15-10(8-11)2-1-7-20-15/h3-6,8-9,16,19H,1-2,7H2. The first-order chi connectivity index (χ1) is 9.65. The zero-order chi connectivity index (χ0) is 14.1. The van der Waals surface area contributed by atoms with Gasteiger partial charge >= 0.3 is 0 Å². The normalized spacial score (nSPS) is 15.3. The summed E-state index contributed by atoms with van der Waals surface area (Å²) >= 11 is 3.30. The molecule has 1 atom stereocenters. The van der Waals surface area contributed by atoms with Gasteiger partial charge in [-0.15, -0.1) is 0 Å². The number of halogens is 2. The Labute approximate surface area is 125 Å². The predicted octanol–water partition coefficient (Wildman–Crippen LogP) is 3.99. The molecule has 1 aliphatic heterocycles. The van der Waals surface area contributed by atoms with Gasteiger partial charge in [-0.25, -0.2) is 4.39 Å². The summed E-state index contributed by atoms with van der Waals surface area (Å²) in [5.74, 6) is 0.567. The number of ether oxygens (including phenoxy) is 1. The molecule has 1 aliphatic rings. The largest absolute Gasteiger partial charge is 0.493 e. The second kappa shape index (κ2) is 5.54. The molecule has 0 amide bonds. The van der Waals surface area contributed by atoms with Crippen LogP contribution in [0.25, 0.3) is 0 Å². The van der Waals surface area contributed by atoms with E-state index in [1.807, 2.05) is 18.2 Å². The average molecular weight is 337 g/mol. The maximum absolute atomic E-state index is 13.1. The van der Waals surface area contributed by atoms with Gasteiger partial charge < -0.3 is 9.84 Å². The van der Waals surface area contributed by atoms with Crippen LogP contribution in [-0.2, 0) is 6.42 Å². The van der Waals surface area contributed by atoms with E-state index in [9.17, 15) is 9.50 Å². The SMILES string of the molecule is OC(c1ccc2c(c1)CCCO2)c1ccc(F)cc1Br. The van der Waals surface area contributed by atoms with Gasteiger partial charge in [0.15, 0.2) is 0 Å². The van der Waals surface area contributed by atoms with Crippen molar-refractivity contribution in [1.82, 2.24) is 0 Å². The highest BCUT2D eigenvalue weighted by Gasteiger charge is 2.17. The number of aliphatic hydroxyl groups is 1. The zero-order valence-corrected chi connectivity index (χ0v) is 12.4. The molecule has 0 radical (unpaired) electrons. The number of aryl methyl sites for hydroxylation is 1. The van der Waals surface area contributed by atoms with Crippen molar-refractivity contribution in [3.63, 3.8) is 0 Å². The van der Waals surface area contributed by atoms with Crippen molar-refractivity contribution < 1.29 is 14.2 Å². The monoisotopic (exact) mass is 336 g/mol. The fraction of sp³-hybridized carbons (Fsp3) is 0.250. The lowest BCUT2D eigenvalue weighted by atomic mass is 9.97. The average Bonchev–Trinajstić information content (AvgIpc) is 2.46. The summed E-state index contributed by atoms with van der Waals surface area (Å²) in [6.45, 7) is 0.748. The molecular formula is C16H14BrFO2. The summed E-state index contributed by atoms with van der Waals surface area (Å²) in [5, 5.41) is 10.5. The molecule has 0 spiro atoms. The third-order valence-corrected chi connectivity index (χ3v) is 4.19. The highest BCUT2D eigenvalue weighted by molar-refractivity contribution is 9.10. The fourth-order valence-electron chi connectivity index (χ4n) is 2.45. The lowest BCUT2D eigenvalue weighted by Gasteiger charge is -2.20. The van der Waals surface area contributed by atoms with Crippen molar-refractivity contribution in [3.05, 3.63) is 63.4 Å². The first-order valence-electron chi connectivity index (χ1n) is 6.54. The Balaban J connectivity index is 1.95. The van der Waals surface area contributed by atoms with Crippen LogP contribution in [0, 0.1) is 5.82 Å². The Hall–Kier alpha value is -1.39. The summed E-state index contributed by atoms with van der Waals surface area (Å²) < 4.78 is 19.2. The summed E-state index contributed by atoms with van der Waals surface area (Å²) in [4.78, 5) is 0. The first kappa shape index (κ1) is 13.6. The predicted molar refractivity (Wildman–Crippen MR) is 78.4 cm³/mol. The molecule has 0 aromatic heterocycles. The Kier molecular flexibility index (Phi) is 3.76. The topological polar surface area (TPSA) is 29.5 Å². The minimum Gasteiger partial charge on any atom is -0.493 e. The second-order valence-electron chi connectivity index (χ2n) is 4.89. The van der Waals surface area contributed by atoms with Crippen molar-refractivity contribution >= 4 is 15.9 Å². The lowest BCUT2D eigenvalue weighted by molar-refractivity contribution is 0.218. The third kappa shape index (κ3) is 2.58. The van der Waals surface area contributed by atoms with Crippen LogP contribution < -0.4 is 4.74 Å². The van der Waals surface area contributed by atoms with E-state index in [2.05, 4.69) is 15.9 Å². The Morgan fingerprint density at radius 1 is 1.20 bits per heavy atom. The molecule has 1 unspecified atom stereocenters. The second-order valence-corrected chi connectivity index (χ2v) is 5.74. The molecule has 20 heavy (non-hydrogen) atoms. The van der Waals surface area contributed by atoms with Gasteiger partial charge in [-0.2, -0.15) is 0 Å². The minimum atomic E-state index is -0.780. The van der Waals surface area contributed by atoms with Gasteiger partial charge in [0.2, 0.25) is 0 Å². The maximum atomic E-state index is 13.1. The van der Waals surface area contributed by atoms with E-state index >= 15 is 0 Å². The molecule has 1 N–H and O–H groups in total. The van der Waals surface area contributed by atoms with Crippen LogP contribution in [0.2, 0.25) is 0 Å². The molecule has 3 rings (SSSR count). The lowest BCUT2D eigenvalue weighted by Crippen LogP contribution is -2.09. The summed E-state index contributed by atoms with van der Waals surface area (Å²) in [7, 11) is 0. The van der Waals surface area contributed by atoms with Gasteiger partial charge in [-0.05, 0) is 53.8 Å². The van der Waals surface area contributed by atoms with Crippen molar-refractivity contribution in [2.45, 2.75) is 18.9 Å². The van der Waals surface area contributed by atoms with Gasteiger partial charge in [0, 0.05) is 4.47 Å². The molecule has 0 fully saturated rings. The van der Waals surface area contributed by atoms with E-state index < -0.39 is 6.10 Å². The molecule has 0 saturated heterocycles. The van der Waals surface area contributed by atoms with Crippen molar-refractivity contribution in [2.75, 3.05) is 6.61 Å². The van der Waals surface area contributed by atoms with Crippen LogP contribution in [0.4, 0.5) is 4.39 Å². The number of fused-ring (bicyclic) bond motifs is 1. The number of benzene rings is 2. The van der Waals surface area contributed by atoms with E-state index in [1.165, 1.54) is 12.1 Å². The summed E-state index contributed by atoms with van der Waals surface area (Å²) in [6, 6.07) is 10.0. The molecule has 0 bridgehead atoms. The first-order valence-corrected chi connectivity index (χ1v) is 7.33. The summed E-state index contributed by atoms with van der Waals surface area (Å²) in [5.41, 5.74) is 2.57. The van der Waals surface area contributed by atoms with Gasteiger partial charge in [0.25, 0.3) is 0 Å². The van der Waals surface area contributed by atoms with E-state index in [4.69, 9.17) is 4.74 Å². The van der Waals surface area contributed by atoms with Crippen LogP contribution in [0.15, 0.2) is 40.9 Å². The number of rotatable bonds is 2. The van der Waals surface area contributed by atoms with E-state index in [0.717, 1.165) is 36.3 Å². The molecule has 104 valence electrons. The van der Waals surface area contributed by atoms with Gasteiger partial charge in [-0.1, -0.05) is 28.1 Å². The van der Waals surface area contributed by atoms with Crippen molar-refractivity contribution in [3.8, 4) is 5.75 Å².